The zero-order valence-electron chi connectivity index (χ0n) is 14.4. The molecule has 0 fully saturated rings. The molecule has 0 radical (unpaired) electrons. The van der Waals surface area contributed by atoms with Gasteiger partial charge in [-0.2, -0.15) is 0 Å². The smallest absolute Gasteiger partial charge is 0.339 e. The van der Waals surface area contributed by atoms with Gasteiger partial charge in [0.1, 0.15) is 0 Å². The second kappa shape index (κ2) is 5.99. The van der Waals surface area contributed by atoms with Gasteiger partial charge in [0, 0.05) is 29.6 Å². The van der Waals surface area contributed by atoms with Crippen LogP contribution in [-0.2, 0) is 16.0 Å². The number of hydrogen-bond donors (Lipinski definition) is 2. The van der Waals surface area contributed by atoms with E-state index in [0.29, 0.717) is 24.2 Å². The van der Waals surface area contributed by atoms with Crippen LogP contribution in [0.4, 0.5) is 5.69 Å². The van der Waals surface area contributed by atoms with E-state index in [1.807, 2.05) is 54.6 Å². The lowest BCUT2D eigenvalue weighted by molar-refractivity contribution is -0.110. The van der Waals surface area contributed by atoms with Crippen LogP contribution in [0, 0.1) is 0 Å². The van der Waals surface area contributed by atoms with E-state index in [1.54, 1.807) is 6.20 Å². The fraction of sp³-hybridized carbons (Fsp3) is 0.0909. The molecule has 5 nitrogen and oxygen atoms in total. The van der Waals surface area contributed by atoms with E-state index >= 15 is 0 Å². The first-order chi connectivity index (χ1) is 13.2. The number of carbonyl (C=O) groups excluding carboxylic acids is 2. The molecule has 0 aliphatic carbocycles. The summed E-state index contributed by atoms with van der Waals surface area (Å²) in [6.45, 7) is 0.362. The summed E-state index contributed by atoms with van der Waals surface area (Å²) >= 11 is 0. The molecule has 0 saturated heterocycles. The first-order valence-corrected chi connectivity index (χ1v) is 8.81. The van der Waals surface area contributed by atoms with Crippen molar-refractivity contribution in [2.75, 3.05) is 11.9 Å². The molecule has 1 amide bonds. The van der Waals surface area contributed by atoms with Gasteiger partial charge in [-0.3, -0.25) is 4.79 Å². The predicted molar refractivity (Wildman–Crippen MR) is 103 cm³/mol. The van der Waals surface area contributed by atoms with Crippen molar-refractivity contribution in [1.29, 1.82) is 0 Å². The molecule has 2 aliphatic heterocycles. The quantitative estimate of drug-likeness (QED) is 0.541. The molecule has 0 saturated carbocycles. The lowest BCUT2D eigenvalue weighted by Crippen LogP contribution is -2.16. The molecular weight excluding hydrogens is 340 g/mol. The molecular formula is C22H16N2O3. The van der Waals surface area contributed by atoms with Crippen molar-refractivity contribution in [3.05, 3.63) is 77.1 Å². The Morgan fingerprint density at radius 3 is 2.67 bits per heavy atom. The summed E-state index contributed by atoms with van der Waals surface area (Å²) in [7, 11) is 0. The highest BCUT2D eigenvalue weighted by Crippen LogP contribution is 2.37. The minimum absolute atomic E-state index is 0.142. The normalized spacial score (nSPS) is 16.7. The van der Waals surface area contributed by atoms with Crippen LogP contribution in [0.15, 0.2) is 54.7 Å². The fourth-order valence-corrected chi connectivity index (χ4v) is 3.66. The van der Waals surface area contributed by atoms with E-state index in [2.05, 4.69) is 10.3 Å². The van der Waals surface area contributed by atoms with E-state index in [4.69, 9.17) is 4.74 Å². The van der Waals surface area contributed by atoms with E-state index in [-0.39, 0.29) is 11.9 Å². The van der Waals surface area contributed by atoms with Crippen molar-refractivity contribution in [3.63, 3.8) is 0 Å². The molecule has 3 aromatic rings. The van der Waals surface area contributed by atoms with Gasteiger partial charge >= 0.3 is 5.97 Å². The van der Waals surface area contributed by atoms with E-state index in [1.165, 1.54) is 0 Å². The zero-order chi connectivity index (χ0) is 18.4. The number of H-pyrrole nitrogens is 1. The van der Waals surface area contributed by atoms with Gasteiger partial charge in [-0.15, -0.1) is 0 Å². The molecule has 5 rings (SSSR count). The second-order valence-corrected chi connectivity index (χ2v) is 6.62. The van der Waals surface area contributed by atoms with Crippen molar-refractivity contribution in [2.24, 2.45) is 0 Å². The summed E-state index contributed by atoms with van der Waals surface area (Å²) < 4.78 is 5.07. The molecule has 2 aromatic carbocycles. The van der Waals surface area contributed by atoms with Gasteiger partial charge in [-0.1, -0.05) is 36.4 Å². The summed E-state index contributed by atoms with van der Waals surface area (Å²) in [6.07, 6.45) is 4.12. The summed E-state index contributed by atoms with van der Waals surface area (Å²) in [6, 6.07) is 16.0. The van der Waals surface area contributed by atoms with Crippen LogP contribution in [0.1, 0.15) is 27.2 Å². The van der Waals surface area contributed by atoms with Crippen LogP contribution >= 0.6 is 0 Å². The number of carbonyl (C=O) groups is 2. The average molecular weight is 356 g/mol. The van der Waals surface area contributed by atoms with Crippen molar-refractivity contribution >= 4 is 29.2 Å². The van der Waals surface area contributed by atoms with E-state index in [0.717, 1.165) is 33.6 Å². The number of nitrogens with one attached hydrogen (secondary N) is 2. The molecule has 5 heteroatoms. The van der Waals surface area contributed by atoms with E-state index < -0.39 is 0 Å². The maximum Gasteiger partial charge on any atom is 0.339 e. The minimum Gasteiger partial charge on any atom is -0.462 e. The number of ether oxygens (including phenoxy) is 1. The van der Waals surface area contributed by atoms with Crippen LogP contribution in [-0.4, -0.2) is 23.5 Å². The Morgan fingerprint density at radius 1 is 0.963 bits per heavy atom. The van der Waals surface area contributed by atoms with Gasteiger partial charge in [0.15, 0.2) is 0 Å². The highest BCUT2D eigenvalue weighted by Gasteiger charge is 2.27. The highest BCUT2D eigenvalue weighted by molar-refractivity contribution is 6.35. The van der Waals surface area contributed by atoms with Crippen LogP contribution in [0.2, 0.25) is 0 Å². The largest absolute Gasteiger partial charge is 0.462 e. The number of amides is 1. The second-order valence-electron chi connectivity index (χ2n) is 6.62. The number of cyclic esters (lactones) is 1. The van der Waals surface area contributed by atoms with Gasteiger partial charge in [0.05, 0.1) is 17.7 Å². The van der Waals surface area contributed by atoms with Gasteiger partial charge in [-0.25, -0.2) is 4.79 Å². The van der Waals surface area contributed by atoms with Crippen molar-refractivity contribution in [3.8, 4) is 11.1 Å². The summed E-state index contributed by atoms with van der Waals surface area (Å²) in [5.41, 5.74) is 6.63. The molecule has 0 bridgehead atoms. The van der Waals surface area contributed by atoms with Crippen molar-refractivity contribution < 1.29 is 14.3 Å². The average Bonchev–Trinajstić information content (AvgIpc) is 3.25. The van der Waals surface area contributed by atoms with Crippen molar-refractivity contribution in [1.82, 2.24) is 4.98 Å². The number of fused-ring (bicyclic) bond motifs is 2. The zero-order valence-corrected chi connectivity index (χ0v) is 14.4. The third-order valence-electron chi connectivity index (χ3n) is 5.03. The monoisotopic (exact) mass is 356 g/mol. The first-order valence-electron chi connectivity index (χ1n) is 8.81. The Morgan fingerprint density at radius 2 is 1.81 bits per heavy atom. The Balaban J connectivity index is 1.60. The van der Waals surface area contributed by atoms with Gasteiger partial charge in [0.2, 0.25) is 0 Å². The summed E-state index contributed by atoms with van der Waals surface area (Å²) in [5, 5.41) is 2.91. The molecule has 0 unspecified atom stereocenters. The van der Waals surface area contributed by atoms with E-state index in [9.17, 15) is 9.59 Å². The third-order valence-corrected chi connectivity index (χ3v) is 5.03. The van der Waals surface area contributed by atoms with Crippen LogP contribution in [0.3, 0.4) is 0 Å². The maximum absolute atomic E-state index is 12.6. The molecule has 0 spiro atoms. The number of aromatic nitrogens is 1. The van der Waals surface area contributed by atoms with Crippen LogP contribution in [0.25, 0.3) is 22.8 Å². The van der Waals surface area contributed by atoms with Gasteiger partial charge < -0.3 is 15.0 Å². The molecule has 3 heterocycles. The molecule has 2 N–H and O–H groups in total. The number of benzene rings is 2. The van der Waals surface area contributed by atoms with Crippen LogP contribution < -0.4 is 5.32 Å². The Kier molecular flexibility index (Phi) is 3.47. The Labute approximate surface area is 155 Å². The SMILES string of the molecule is O=C1Nc2ccc(-c3ccccc3)cc2C1=Cc1[nH]cc2c1CCOC2=O. The van der Waals surface area contributed by atoms with Gasteiger partial charge in [-0.05, 0) is 34.9 Å². The molecule has 27 heavy (non-hydrogen) atoms. The maximum atomic E-state index is 12.6. The molecule has 132 valence electrons. The molecule has 1 aromatic heterocycles. The Hall–Kier alpha value is -3.60. The third kappa shape index (κ3) is 2.56. The molecule has 0 atom stereocenters. The number of rotatable bonds is 2. The van der Waals surface area contributed by atoms with Crippen LogP contribution in [0.5, 0.6) is 0 Å². The minimum atomic E-state index is -0.320. The molecule has 2 aliphatic rings. The lowest BCUT2D eigenvalue weighted by Gasteiger charge is -2.12. The highest BCUT2D eigenvalue weighted by atomic mass is 16.5. The first kappa shape index (κ1) is 15.6. The summed E-state index contributed by atoms with van der Waals surface area (Å²) in [4.78, 5) is 27.5. The Bertz CT molecular complexity index is 1110. The number of aromatic amines is 1. The number of hydrogen-bond acceptors (Lipinski definition) is 3. The predicted octanol–water partition coefficient (Wildman–Crippen LogP) is 3.89. The number of anilines is 1. The van der Waals surface area contributed by atoms with Gasteiger partial charge in [0.25, 0.3) is 5.91 Å². The topological polar surface area (TPSA) is 71.2 Å². The number of esters is 1. The summed E-state index contributed by atoms with van der Waals surface area (Å²) in [5.74, 6) is -0.461. The fourth-order valence-electron chi connectivity index (χ4n) is 3.66. The van der Waals surface area contributed by atoms with Crippen molar-refractivity contribution in [2.45, 2.75) is 6.42 Å². The lowest BCUT2D eigenvalue weighted by atomic mass is 9.98. The standard InChI is InChI=1S/C22H16N2O3/c25-21-17(11-20-15-8-9-27-22(26)18(15)12-23-20)16-10-14(6-7-19(16)24-21)13-4-2-1-3-5-13/h1-7,10-12,23H,8-9H2,(H,24,25).